The highest BCUT2D eigenvalue weighted by atomic mass is 127. The van der Waals surface area contributed by atoms with E-state index in [1.165, 1.54) is 43.3 Å². The van der Waals surface area contributed by atoms with E-state index < -0.39 is 5.79 Å². The largest absolute Gasteiger partial charge is 0.394 e. The monoisotopic (exact) mass is 446 g/mol. The molecule has 0 saturated carbocycles. The van der Waals surface area contributed by atoms with Crippen molar-refractivity contribution >= 4 is 44.9 Å². The van der Waals surface area contributed by atoms with Crippen LogP contribution in [0.5, 0.6) is 0 Å². The number of ether oxygens (including phenoxy) is 2. The van der Waals surface area contributed by atoms with Gasteiger partial charge in [-0.2, -0.15) is 0 Å². The number of benzene rings is 1. The Hall–Kier alpha value is -0.250. The number of hydrogen-bond donors (Lipinski definition) is 0. The zero-order valence-corrected chi connectivity index (χ0v) is 14.2. The number of carbonyl (C=O) groups excluding carboxylic acids is 1. The van der Waals surface area contributed by atoms with Crippen LogP contribution in [-0.2, 0) is 23.1 Å². The normalized spacial score (nSPS) is 11.4. The highest BCUT2D eigenvalue weighted by molar-refractivity contribution is 14.1. The van der Waals surface area contributed by atoms with Crippen LogP contribution < -0.4 is 0 Å². The summed E-state index contributed by atoms with van der Waals surface area (Å²) in [7, 11) is 2.94. The lowest BCUT2D eigenvalue weighted by Crippen LogP contribution is -2.31. The molecular formula is C12H13BrFIO4. The van der Waals surface area contributed by atoms with Crippen molar-refractivity contribution in [3.8, 4) is 0 Å². The van der Waals surface area contributed by atoms with E-state index in [1.807, 2.05) is 0 Å². The molecule has 0 spiro atoms. The third-order valence-electron chi connectivity index (χ3n) is 2.76. The number of carbonyl (C=O) groups is 1. The molecule has 0 N–H and O–H groups in total. The molecule has 1 aromatic rings. The maximum Gasteiger partial charge on any atom is 0.315 e. The van der Waals surface area contributed by atoms with Gasteiger partial charge < -0.3 is 12.5 Å². The van der Waals surface area contributed by atoms with Crippen LogP contribution in [0.2, 0.25) is 0 Å². The van der Waals surface area contributed by atoms with E-state index in [-0.39, 0.29) is 24.6 Å². The first-order valence-corrected chi connectivity index (χ1v) is 7.03. The van der Waals surface area contributed by atoms with Crippen LogP contribution in [0, 0.1) is 5.82 Å². The molecule has 0 aromatic heterocycles. The van der Waals surface area contributed by atoms with E-state index in [0.717, 1.165) is 0 Å². The van der Waals surface area contributed by atoms with Gasteiger partial charge in [-0.15, -0.1) is 0 Å². The number of halogens is 3. The van der Waals surface area contributed by atoms with Crippen molar-refractivity contribution in [3.05, 3.63) is 34.1 Å². The van der Waals surface area contributed by atoms with Crippen LogP contribution in [0.4, 0.5) is 4.39 Å². The third-order valence-corrected chi connectivity index (χ3v) is 3.86. The molecule has 4 nitrogen and oxygen atoms in total. The highest BCUT2D eigenvalue weighted by Gasteiger charge is 2.33. The average Bonchev–Trinajstić information content (AvgIpc) is 2.43. The van der Waals surface area contributed by atoms with Gasteiger partial charge in [-0.25, -0.2) is 4.39 Å². The Morgan fingerprint density at radius 1 is 1.42 bits per heavy atom. The van der Waals surface area contributed by atoms with E-state index in [0.29, 0.717) is 10.0 Å². The van der Waals surface area contributed by atoms with Gasteiger partial charge in [0.1, 0.15) is 5.82 Å². The summed E-state index contributed by atoms with van der Waals surface area (Å²) in [5.74, 6) is -1.86. The lowest BCUT2D eigenvalue weighted by molar-refractivity contribution is -0.221. The van der Waals surface area contributed by atoms with Crippen LogP contribution in [0.15, 0.2) is 22.7 Å². The summed E-state index contributed by atoms with van der Waals surface area (Å²) in [6.07, 6.45) is 0.388. The third kappa shape index (κ3) is 4.11. The molecule has 7 heteroatoms. The first-order chi connectivity index (χ1) is 8.99. The molecule has 0 amide bonds. The quantitative estimate of drug-likeness (QED) is 0.493. The molecule has 0 radical (unpaired) electrons. The molecule has 0 aliphatic heterocycles. The summed E-state index contributed by atoms with van der Waals surface area (Å²) >= 11 is 4.64. The van der Waals surface area contributed by atoms with Gasteiger partial charge in [0.15, 0.2) is 28.8 Å². The molecule has 0 aliphatic rings. The van der Waals surface area contributed by atoms with Gasteiger partial charge in [-0.1, -0.05) is 6.07 Å². The van der Waals surface area contributed by atoms with Crippen molar-refractivity contribution < 1.29 is 21.7 Å². The van der Waals surface area contributed by atoms with Crippen molar-refractivity contribution in [2.45, 2.75) is 18.6 Å². The van der Waals surface area contributed by atoms with Crippen molar-refractivity contribution in [2.24, 2.45) is 0 Å². The second kappa shape index (κ2) is 7.51. The van der Waals surface area contributed by atoms with Crippen LogP contribution in [0.1, 0.15) is 18.4 Å². The van der Waals surface area contributed by atoms with Crippen molar-refractivity contribution in [3.63, 3.8) is 0 Å². The summed E-state index contributed by atoms with van der Waals surface area (Å²) in [5, 5.41) is 0. The molecule has 0 aliphatic carbocycles. The van der Waals surface area contributed by atoms with E-state index in [1.54, 1.807) is 12.1 Å². The summed E-state index contributed by atoms with van der Waals surface area (Å²) < 4.78 is 28.9. The lowest BCUT2D eigenvalue weighted by Gasteiger charge is -2.31. The average molecular weight is 447 g/mol. The molecule has 0 heterocycles. The molecule has 1 rings (SSSR count). The van der Waals surface area contributed by atoms with Gasteiger partial charge in [-0.3, -0.25) is 4.79 Å². The van der Waals surface area contributed by atoms with Crippen molar-refractivity contribution in [1.82, 2.24) is 0 Å². The van der Waals surface area contributed by atoms with Gasteiger partial charge in [0.05, 0.1) is 10.9 Å². The molecule has 19 heavy (non-hydrogen) atoms. The Morgan fingerprint density at radius 2 is 2.05 bits per heavy atom. The highest BCUT2D eigenvalue weighted by Crippen LogP contribution is 2.33. The Kier molecular flexibility index (Phi) is 6.64. The first-order valence-electron chi connectivity index (χ1n) is 5.36. The Bertz CT molecular complexity index is 451. The fraction of sp³-hybridized carbons (Fsp3) is 0.417. The van der Waals surface area contributed by atoms with Crippen molar-refractivity contribution in [2.75, 3.05) is 14.2 Å². The van der Waals surface area contributed by atoms with Gasteiger partial charge in [0.25, 0.3) is 0 Å². The summed E-state index contributed by atoms with van der Waals surface area (Å²) in [6, 6.07) is 4.43. The van der Waals surface area contributed by atoms with E-state index in [2.05, 4.69) is 19.0 Å². The zero-order valence-electron chi connectivity index (χ0n) is 10.4. The number of methoxy groups -OCH3 is 2. The van der Waals surface area contributed by atoms with Gasteiger partial charge >= 0.3 is 5.97 Å². The zero-order chi connectivity index (χ0) is 14.5. The first kappa shape index (κ1) is 16.8. The molecule has 0 atom stereocenters. The van der Waals surface area contributed by atoms with Gasteiger partial charge in [0, 0.05) is 26.2 Å². The van der Waals surface area contributed by atoms with E-state index >= 15 is 0 Å². The lowest BCUT2D eigenvalue weighted by atomic mass is 10.0. The van der Waals surface area contributed by atoms with Crippen molar-refractivity contribution in [1.29, 1.82) is 0 Å². The maximum atomic E-state index is 13.3. The Morgan fingerprint density at radius 3 is 2.53 bits per heavy atom. The fourth-order valence-electron chi connectivity index (χ4n) is 1.71. The van der Waals surface area contributed by atoms with E-state index in [4.69, 9.17) is 9.47 Å². The van der Waals surface area contributed by atoms with E-state index in [9.17, 15) is 9.18 Å². The maximum absolute atomic E-state index is 13.3. The second-order valence-electron chi connectivity index (χ2n) is 3.74. The molecule has 0 unspecified atom stereocenters. The predicted molar refractivity (Wildman–Crippen MR) is 79.1 cm³/mol. The van der Waals surface area contributed by atoms with Crippen LogP contribution >= 0.6 is 38.9 Å². The molecule has 1 aromatic carbocycles. The standard InChI is InChI=1S/C12H13BrFIO4/c1-17-12(18-2,6-5-11(16)19-15)8-3-4-10(14)9(13)7-8/h3-4,7H,5-6H2,1-2H3. The summed E-state index contributed by atoms with van der Waals surface area (Å²) in [4.78, 5) is 11.2. The summed E-state index contributed by atoms with van der Waals surface area (Å²) in [6.45, 7) is 0. The molecule has 0 saturated heterocycles. The van der Waals surface area contributed by atoms with Gasteiger partial charge in [-0.05, 0) is 28.1 Å². The smallest absolute Gasteiger partial charge is 0.315 e. The Labute approximate surface area is 133 Å². The SMILES string of the molecule is COC(CCC(=O)OI)(OC)c1ccc(F)c(Br)c1. The van der Waals surface area contributed by atoms with Gasteiger partial charge in [0.2, 0.25) is 0 Å². The van der Waals surface area contributed by atoms with Crippen LogP contribution in [0.3, 0.4) is 0 Å². The Balaban J connectivity index is 3.03. The van der Waals surface area contributed by atoms with Crippen LogP contribution in [0.25, 0.3) is 0 Å². The minimum atomic E-state index is -1.11. The number of rotatable bonds is 6. The molecule has 106 valence electrons. The minimum absolute atomic E-state index is 0.125. The topological polar surface area (TPSA) is 44.8 Å². The fourth-order valence-corrected chi connectivity index (χ4v) is 2.30. The second-order valence-corrected chi connectivity index (χ2v) is 5.03. The predicted octanol–water partition coefficient (Wildman–Crippen LogP) is 3.71. The minimum Gasteiger partial charge on any atom is -0.394 e. The molecule has 0 bridgehead atoms. The summed E-state index contributed by atoms with van der Waals surface area (Å²) in [5.41, 5.74) is 0.618. The molecular weight excluding hydrogens is 434 g/mol. The number of hydrogen-bond acceptors (Lipinski definition) is 4. The van der Waals surface area contributed by atoms with Crippen LogP contribution in [-0.4, -0.2) is 20.2 Å². The molecule has 0 fully saturated rings.